The standard InChI is InChI=1S/C39H74O3Si2/c1-32(21-19-23-34(3)30-42-44(13,14)39(8,9)10)20-18-22-33(2)26-27-37(40-31-36-24-16-15-17-25-36)35(4)28-29-41-43(11,12)38(5,6)7/h15-17,20,24-25,33-35,37H,18-19,21-23,26-31H2,1-14H3/b32-20+/t33-,34-,35-,37?/m1/s1. The molecule has 0 saturated carbocycles. The first-order valence-electron chi connectivity index (χ1n) is 17.8. The quantitative estimate of drug-likeness (QED) is 0.0982. The topological polar surface area (TPSA) is 27.7 Å². The molecular weight excluding hydrogens is 573 g/mol. The summed E-state index contributed by atoms with van der Waals surface area (Å²) in [6.45, 7) is 35.3. The van der Waals surface area contributed by atoms with Crippen LogP contribution in [0.3, 0.4) is 0 Å². The Morgan fingerprint density at radius 2 is 1.34 bits per heavy atom. The molecule has 1 aromatic carbocycles. The van der Waals surface area contributed by atoms with Crippen LogP contribution >= 0.6 is 0 Å². The molecule has 0 fully saturated rings. The highest BCUT2D eigenvalue weighted by Gasteiger charge is 2.38. The molecule has 0 aliphatic rings. The summed E-state index contributed by atoms with van der Waals surface area (Å²) in [5.41, 5.74) is 2.81. The zero-order valence-corrected chi connectivity index (χ0v) is 33.8. The second-order valence-corrected chi connectivity index (χ2v) is 26.7. The third-order valence-corrected chi connectivity index (χ3v) is 19.7. The fourth-order valence-corrected chi connectivity index (χ4v) is 7.10. The van der Waals surface area contributed by atoms with Crippen molar-refractivity contribution in [3.8, 4) is 0 Å². The number of benzene rings is 1. The molecule has 0 N–H and O–H groups in total. The smallest absolute Gasteiger partial charge is 0.191 e. The van der Waals surface area contributed by atoms with Crippen molar-refractivity contribution in [2.24, 2.45) is 17.8 Å². The van der Waals surface area contributed by atoms with Crippen LogP contribution in [-0.4, -0.2) is 36.0 Å². The largest absolute Gasteiger partial charge is 0.417 e. The fraction of sp³-hybridized carbons (Fsp3) is 0.795. The van der Waals surface area contributed by atoms with Gasteiger partial charge in [-0.05, 0) is 118 Å². The van der Waals surface area contributed by atoms with E-state index in [1.54, 1.807) is 5.57 Å². The number of ether oxygens (including phenoxy) is 1. The van der Waals surface area contributed by atoms with Gasteiger partial charge >= 0.3 is 0 Å². The van der Waals surface area contributed by atoms with Gasteiger partial charge in [0.25, 0.3) is 0 Å². The molecule has 0 aliphatic carbocycles. The Bertz CT molecular complexity index is 927. The monoisotopic (exact) mass is 647 g/mol. The molecular formula is C39H74O3Si2. The summed E-state index contributed by atoms with van der Waals surface area (Å²) >= 11 is 0. The Morgan fingerprint density at radius 3 is 1.93 bits per heavy atom. The summed E-state index contributed by atoms with van der Waals surface area (Å²) in [6, 6.07) is 10.6. The van der Waals surface area contributed by atoms with Crippen molar-refractivity contribution < 1.29 is 13.6 Å². The van der Waals surface area contributed by atoms with E-state index in [0.717, 1.165) is 26.1 Å². The zero-order valence-electron chi connectivity index (χ0n) is 31.8. The molecule has 0 radical (unpaired) electrons. The van der Waals surface area contributed by atoms with E-state index in [9.17, 15) is 0 Å². The van der Waals surface area contributed by atoms with Crippen molar-refractivity contribution in [2.45, 2.75) is 170 Å². The van der Waals surface area contributed by atoms with Crippen molar-refractivity contribution in [1.82, 2.24) is 0 Å². The van der Waals surface area contributed by atoms with Crippen molar-refractivity contribution in [3.63, 3.8) is 0 Å². The first-order chi connectivity index (χ1) is 20.2. The summed E-state index contributed by atoms with van der Waals surface area (Å²) < 4.78 is 19.6. The van der Waals surface area contributed by atoms with E-state index in [1.807, 2.05) is 0 Å². The van der Waals surface area contributed by atoms with Crippen LogP contribution in [0.4, 0.5) is 0 Å². The zero-order chi connectivity index (χ0) is 33.6. The molecule has 0 spiro atoms. The summed E-state index contributed by atoms with van der Waals surface area (Å²) in [6.07, 6.45) is 12.3. The van der Waals surface area contributed by atoms with Gasteiger partial charge in [0.1, 0.15) is 0 Å². The minimum absolute atomic E-state index is 0.250. The molecule has 5 heteroatoms. The molecule has 1 aromatic rings. The lowest BCUT2D eigenvalue weighted by molar-refractivity contribution is -0.00877. The highest BCUT2D eigenvalue weighted by atomic mass is 28.4. The fourth-order valence-electron chi connectivity index (χ4n) is 4.90. The van der Waals surface area contributed by atoms with E-state index in [-0.39, 0.29) is 16.2 Å². The van der Waals surface area contributed by atoms with Crippen LogP contribution in [0, 0.1) is 17.8 Å². The SMILES string of the molecule is C/C(=C\CC[C@@H](C)CCC(OCc1ccccc1)[C@H](C)CCO[Si](C)(C)C(C)(C)C)CCC[C@@H](C)CO[Si](C)(C)C(C)(C)C. The van der Waals surface area contributed by atoms with Crippen LogP contribution in [0.25, 0.3) is 0 Å². The van der Waals surface area contributed by atoms with E-state index < -0.39 is 16.6 Å². The van der Waals surface area contributed by atoms with Gasteiger partial charge in [0.2, 0.25) is 0 Å². The van der Waals surface area contributed by atoms with E-state index in [4.69, 9.17) is 13.6 Å². The highest BCUT2D eigenvalue weighted by molar-refractivity contribution is 6.74. The second-order valence-electron chi connectivity index (χ2n) is 17.1. The molecule has 0 heterocycles. The lowest BCUT2D eigenvalue weighted by atomic mass is 9.91. The van der Waals surface area contributed by atoms with Gasteiger partial charge in [-0.25, -0.2) is 0 Å². The van der Waals surface area contributed by atoms with Crippen LogP contribution in [0.2, 0.25) is 36.3 Å². The van der Waals surface area contributed by atoms with Gasteiger partial charge in [-0.15, -0.1) is 0 Å². The number of hydrogen-bond donors (Lipinski definition) is 0. The van der Waals surface area contributed by atoms with Crippen LogP contribution < -0.4 is 0 Å². The maximum absolute atomic E-state index is 6.59. The maximum atomic E-state index is 6.59. The minimum atomic E-state index is -1.72. The molecule has 0 amide bonds. The molecule has 44 heavy (non-hydrogen) atoms. The molecule has 1 unspecified atom stereocenters. The second kappa shape index (κ2) is 19.2. The summed E-state index contributed by atoms with van der Waals surface area (Å²) in [5, 5.41) is 0.538. The van der Waals surface area contributed by atoms with Gasteiger partial charge in [-0.3, -0.25) is 0 Å². The average molecular weight is 647 g/mol. The maximum Gasteiger partial charge on any atom is 0.191 e. The number of allylic oxidation sites excluding steroid dienone is 2. The average Bonchev–Trinajstić information content (AvgIpc) is 2.91. The van der Waals surface area contributed by atoms with E-state index in [1.165, 1.54) is 44.1 Å². The lowest BCUT2D eigenvalue weighted by Crippen LogP contribution is -2.41. The molecule has 3 nitrogen and oxygen atoms in total. The Hall–Kier alpha value is -0.726. The van der Waals surface area contributed by atoms with E-state index in [2.05, 4.69) is 132 Å². The Labute approximate surface area is 277 Å². The number of rotatable bonds is 21. The molecule has 4 atom stereocenters. The third-order valence-electron chi connectivity index (χ3n) is 10.7. The van der Waals surface area contributed by atoms with Crippen molar-refractivity contribution in [1.29, 1.82) is 0 Å². The molecule has 1 rings (SSSR count). The molecule has 256 valence electrons. The van der Waals surface area contributed by atoms with Crippen LogP contribution in [0.15, 0.2) is 42.0 Å². The normalized spacial score (nSPS) is 16.5. The number of hydrogen-bond acceptors (Lipinski definition) is 3. The molecule has 0 saturated heterocycles. The molecule has 0 aromatic heterocycles. The Morgan fingerprint density at radius 1 is 0.750 bits per heavy atom. The lowest BCUT2D eigenvalue weighted by Gasteiger charge is -2.37. The van der Waals surface area contributed by atoms with Gasteiger partial charge in [-0.1, -0.05) is 104 Å². The van der Waals surface area contributed by atoms with Gasteiger partial charge in [-0.2, -0.15) is 0 Å². The first kappa shape index (κ1) is 41.3. The van der Waals surface area contributed by atoms with E-state index >= 15 is 0 Å². The predicted molar refractivity (Wildman–Crippen MR) is 200 cm³/mol. The minimum Gasteiger partial charge on any atom is -0.417 e. The molecule has 0 aliphatic heterocycles. The third kappa shape index (κ3) is 16.2. The van der Waals surface area contributed by atoms with Crippen molar-refractivity contribution in [2.75, 3.05) is 13.2 Å². The highest BCUT2D eigenvalue weighted by Crippen LogP contribution is 2.38. The van der Waals surface area contributed by atoms with Gasteiger partial charge in [0, 0.05) is 13.2 Å². The Balaban J connectivity index is 2.50. The van der Waals surface area contributed by atoms with Crippen molar-refractivity contribution in [3.05, 3.63) is 47.5 Å². The van der Waals surface area contributed by atoms with Crippen LogP contribution in [0.1, 0.15) is 126 Å². The summed E-state index contributed by atoms with van der Waals surface area (Å²) in [5.74, 6) is 1.81. The van der Waals surface area contributed by atoms with Crippen LogP contribution in [-0.2, 0) is 20.2 Å². The molecule has 0 bridgehead atoms. The summed E-state index contributed by atoms with van der Waals surface area (Å²) in [4.78, 5) is 0. The predicted octanol–water partition coefficient (Wildman–Crippen LogP) is 12.6. The van der Waals surface area contributed by atoms with E-state index in [0.29, 0.717) is 24.4 Å². The van der Waals surface area contributed by atoms with Gasteiger partial charge < -0.3 is 13.6 Å². The van der Waals surface area contributed by atoms with Crippen molar-refractivity contribution >= 4 is 16.6 Å². The Kier molecular flexibility index (Phi) is 18.0. The van der Waals surface area contributed by atoms with Crippen LogP contribution in [0.5, 0.6) is 0 Å². The summed E-state index contributed by atoms with van der Waals surface area (Å²) in [7, 11) is -3.36. The van der Waals surface area contributed by atoms with Gasteiger partial charge in [0.15, 0.2) is 16.6 Å². The first-order valence-corrected chi connectivity index (χ1v) is 23.7. The van der Waals surface area contributed by atoms with Gasteiger partial charge in [0.05, 0.1) is 12.7 Å².